The maximum Gasteiger partial charge on any atom is 0.255 e. The number of benzene rings is 2. The van der Waals surface area contributed by atoms with E-state index in [4.69, 9.17) is 0 Å². The Bertz CT molecular complexity index is 965. The number of rotatable bonds is 6. The van der Waals surface area contributed by atoms with Gasteiger partial charge in [-0.1, -0.05) is 6.07 Å². The molecule has 3 rings (SSSR count). The molecule has 27 heavy (non-hydrogen) atoms. The quantitative estimate of drug-likeness (QED) is 0.793. The van der Waals surface area contributed by atoms with Gasteiger partial charge in [0.05, 0.1) is 4.90 Å². The van der Waals surface area contributed by atoms with Crippen LogP contribution < -0.4 is 10.6 Å². The first-order chi connectivity index (χ1) is 12.8. The molecule has 8 heteroatoms. The lowest BCUT2D eigenvalue weighted by molar-refractivity contribution is 0.0949. The molecule has 1 aliphatic rings. The van der Waals surface area contributed by atoms with Crippen molar-refractivity contribution in [3.05, 3.63) is 59.7 Å². The van der Waals surface area contributed by atoms with Crippen molar-refractivity contribution in [3.63, 3.8) is 0 Å². The summed E-state index contributed by atoms with van der Waals surface area (Å²) in [5, 5.41) is 5.62. The summed E-state index contributed by atoms with van der Waals surface area (Å²) in [5.41, 5.74) is 1.29. The first-order valence-corrected chi connectivity index (χ1v) is 9.96. The number of hydrogen-bond donors (Lipinski definition) is 2. The highest BCUT2D eigenvalue weighted by atomic mass is 32.2. The third kappa shape index (κ3) is 4.53. The second-order valence-corrected chi connectivity index (χ2v) is 8.75. The van der Waals surface area contributed by atoms with E-state index in [0.717, 1.165) is 17.1 Å². The average Bonchev–Trinajstić information content (AvgIpc) is 3.46. The van der Waals surface area contributed by atoms with Crippen molar-refractivity contribution >= 4 is 27.5 Å². The first-order valence-electron chi connectivity index (χ1n) is 8.52. The van der Waals surface area contributed by atoms with Gasteiger partial charge in [0.25, 0.3) is 11.8 Å². The van der Waals surface area contributed by atoms with Crippen molar-refractivity contribution in [2.24, 2.45) is 0 Å². The Kier molecular flexibility index (Phi) is 5.29. The Morgan fingerprint density at radius 1 is 0.963 bits per heavy atom. The van der Waals surface area contributed by atoms with Crippen LogP contribution in [0.3, 0.4) is 0 Å². The van der Waals surface area contributed by atoms with Crippen LogP contribution in [0.15, 0.2) is 53.4 Å². The minimum atomic E-state index is -3.54. The number of nitrogens with zero attached hydrogens (tertiary/aromatic N) is 1. The zero-order valence-corrected chi connectivity index (χ0v) is 15.9. The van der Waals surface area contributed by atoms with Gasteiger partial charge in [0, 0.05) is 37.0 Å². The van der Waals surface area contributed by atoms with Gasteiger partial charge >= 0.3 is 0 Å². The highest BCUT2D eigenvalue weighted by Crippen LogP contribution is 2.20. The summed E-state index contributed by atoms with van der Waals surface area (Å²) < 4.78 is 25.3. The van der Waals surface area contributed by atoms with E-state index in [1.165, 1.54) is 38.4 Å². The fraction of sp³-hybridized carbons (Fsp3) is 0.263. The zero-order valence-electron chi connectivity index (χ0n) is 15.1. The SMILES string of the molecule is CN(C)S(=O)(=O)c1ccc(C(=O)Nc2cccc(C(=O)NC3CC3)c2)cc1. The molecule has 0 radical (unpaired) electrons. The predicted octanol–water partition coefficient (Wildman–Crippen LogP) is 2.08. The Labute approximate surface area is 158 Å². The van der Waals surface area contributed by atoms with E-state index >= 15 is 0 Å². The van der Waals surface area contributed by atoms with Crippen molar-refractivity contribution in [3.8, 4) is 0 Å². The standard InChI is InChI=1S/C19H21N3O4S/c1-22(2)27(25,26)17-10-6-13(7-11-17)18(23)21-16-5-3-4-14(12-16)19(24)20-15-8-9-15/h3-7,10-12,15H,8-9H2,1-2H3,(H,20,24)(H,21,23). The van der Waals surface area contributed by atoms with Gasteiger partial charge in [-0.3, -0.25) is 9.59 Å². The summed E-state index contributed by atoms with van der Waals surface area (Å²) in [6.07, 6.45) is 2.00. The number of carbonyl (C=O) groups excluding carboxylic acids is 2. The number of carbonyl (C=O) groups is 2. The Hall–Kier alpha value is -2.71. The molecule has 0 heterocycles. The van der Waals surface area contributed by atoms with Crippen LogP contribution in [-0.4, -0.2) is 44.7 Å². The smallest absolute Gasteiger partial charge is 0.255 e. The topological polar surface area (TPSA) is 95.6 Å². The molecule has 0 bridgehead atoms. The summed E-state index contributed by atoms with van der Waals surface area (Å²) in [4.78, 5) is 24.6. The van der Waals surface area contributed by atoms with E-state index in [1.54, 1.807) is 24.3 Å². The molecule has 0 atom stereocenters. The highest BCUT2D eigenvalue weighted by molar-refractivity contribution is 7.89. The van der Waals surface area contributed by atoms with Gasteiger partial charge in [0.1, 0.15) is 0 Å². The minimum Gasteiger partial charge on any atom is -0.349 e. The molecule has 2 aromatic carbocycles. The van der Waals surface area contributed by atoms with Gasteiger partial charge < -0.3 is 10.6 Å². The summed E-state index contributed by atoms with van der Waals surface area (Å²) in [5.74, 6) is -0.546. The number of anilines is 1. The van der Waals surface area contributed by atoms with Gasteiger partial charge in [0.15, 0.2) is 0 Å². The minimum absolute atomic E-state index is 0.114. The summed E-state index contributed by atoms with van der Waals surface area (Å²) in [6.45, 7) is 0. The van der Waals surface area contributed by atoms with Crippen LogP contribution in [0.25, 0.3) is 0 Å². The largest absolute Gasteiger partial charge is 0.349 e. The van der Waals surface area contributed by atoms with E-state index < -0.39 is 10.0 Å². The Morgan fingerprint density at radius 2 is 1.63 bits per heavy atom. The fourth-order valence-corrected chi connectivity index (χ4v) is 3.33. The van der Waals surface area contributed by atoms with E-state index in [2.05, 4.69) is 10.6 Å². The second-order valence-electron chi connectivity index (χ2n) is 6.59. The molecule has 7 nitrogen and oxygen atoms in total. The molecule has 2 amide bonds. The van der Waals surface area contributed by atoms with Crippen molar-refractivity contribution < 1.29 is 18.0 Å². The molecule has 0 aromatic heterocycles. The van der Waals surface area contributed by atoms with Gasteiger partial charge in [0.2, 0.25) is 10.0 Å². The van der Waals surface area contributed by atoms with Gasteiger partial charge in [-0.15, -0.1) is 0 Å². The van der Waals surface area contributed by atoms with Crippen molar-refractivity contribution in [2.45, 2.75) is 23.8 Å². The molecular weight excluding hydrogens is 366 g/mol. The van der Waals surface area contributed by atoms with E-state index in [9.17, 15) is 18.0 Å². The van der Waals surface area contributed by atoms with Crippen molar-refractivity contribution in [2.75, 3.05) is 19.4 Å². The van der Waals surface area contributed by atoms with Crippen LogP contribution in [0.4, 0.5) is 5.69 Å². The van der Waals surface area contributed by atoms with Crippen molar-refractivity contribution in [1.29, 1.82) is 0 Å². The summed E-state index contributed by atoms with van der Waals surface area (Å²) in [6, 6.07) is 12.6. The number of amides is 2. The van der Waals surface area contributed by atoms with Crippen LogP contribution in [-0.2, 0) is 10.0 Å². The van der Waals surface area contributed by atoms with Crippen molar-refractivity contribution in [1.82, 2.24) is 9.62 Å². The molecule has 0 spiro atoms. The van der Waals surface area contributed by atoms with Crippen LogP contribution in [0.2, 0.25) is 0 Å². The maximum absolute atomic E-state index is 12.4. The predicted molar refractivity (Wildman–Crippen MR) is 102 cm³/mol. The highest BCUT2D eigenvalue weighted by Gasteiger charge is 2.24. The van der Waals surface area contributed by atoms with Crippen LogP contribution >= 0.6 is 0 Å². The molecule has 0 saturated heterocycles. The fourth-order valence-electron chi connectivity index (χ4n) is 2.43. The molecule has 0 aliphatic heterocycles. The third-order valence-electron chi connectivity index (χ3n) is 4.19. The summed E-state index contributed by atoms with van der Waals surface area (Å²) >= 11 is 0. The molecule has 0 unspecified atom stereocenters. The van der Waals surface area contributed by atoms with Gasteiger partial charge in [-0.2, -0.15) is 0 Å². The number of nitrogens with one attached hydrogen (secondary N) is 2. The zero-order chi connectivity index (χ0) is 19.6. The van der Waals surface area contributed by atoms with Gasteiger partial charge in [-0.05, 0) is 55.3 Å². The molecule has 1 aliphatic carbocycles. The van der Waals surface area contributed by atoms with E-state index in [-0.39, 0.29) is 22.8 Å². The van der Waals surface area contributed by atoms with E-state index in [0.29, 0.717) is 16.8 Å². The normalized spacial score (nSPS) is 14.0. The van der Waals surface area contributed by atoms with Gasteiger partial charge in [-0.25, -0.2) is 12.7 Å². The second kappa shape index (κ2) is 7.50. The third-order valence-corrected chi connectivity index (χ3v) is 6.02. The number of sulfonamides is 1. The molecule has 2 aromatic rings. The lowest BCUT2D eigenvalue weighted by atomic mass is 10.1. The average molecular weight is 387 g/mol. The molecule has 1 fully saturated rings. The summed E-state index contributed by atoms with van der Waals surface area (Å²) in [7, 11) is -0.648. The monoisotopic (exact) mass is 387 g/mol. The molecule has 2 N–H and O–H groups in total. The molecular formula is C19H21N3O4S. The molecule has 1 saturated carbocycles. The Balaban J connectivity index is 1.71. The maximum atomic E-state index is 12.4. The molecule has 142 valence electrons. The number of hydrogen-bond acceptors (Lipinski definition) is 4. The van der Waals surface area contributed by atoms with Crippen LogP contribution in [0, 0.1) is 0 Å². The lowest BCUT2D eigenvalue weighted by Gasteiger charge is -2.12. The van der Waals surface area contributed by atoms with Crippen LogP contribution in [0.5, 0.6) is 0 Å². The Morgan fingerprint density at radius 3 is 2.22 bits per heavy atom. The van der Waals surface area contributed by atoms with Crippen LogP contribution in [0.1, 0.15) is 33.6 Å². The lowest BCUT2D eigenvalue weighted by Crippen LogP contribution is -2.25. The first kappa shape index (κ1) is 19.1. The van der Waals surface area contributed by atoms with E-state index in [1.807, 2.05) is 0 Å².